The first kappa shape index (κ1) is 15.2. The van der Waals surface area contributed by atoms with Gasteiger partial charge in [-0.1, -0.05) is 13.3 Å². The van der Waals surface area contributed by atoms with Crippen LogP contribution in [-0.4, -0.2) is 31.3 Å². The van der Waals surface area contributed by atoms with Gasteiger partial charge in [0.05, 0.1) is 6.54 Å². The van der Waals surface area contributed by atoms with Crippen LogP contribution < -0.4 is 10.8 Å². The van der Waals surface area contributed by atoms with Gasteiger partial charge in [0, 0.05) is 6.04 Å². The molecule has 0 aromatic carbocycles. The van der Waals surface area contributed by atoms with Crippen molar-refractivity contribution < 1.29 is 22.8 Å². The van der Waals surface area contributed by atoms with E-state index in [1.54, 1.807) is 0 Å². The van der Waals surface area contributed by atoms with Gasteiger partial charge in [-0.3, -0.25) is 9.63 Å². The molecule has 0 aliphatic heterocycles. The molecule has 0 radical (unpaired) electrons. The van der Waals surface area contributed by atoms with E-state index in [0.29, 0.717) is 0 Å². The van der Waals surface area contributed by atoms with Crippen LogP contribution >= 0.6 is 0 Å². The number of carbonyl (C=O) groups is 1. The summed E-state index contributed by atoms with van der Waals surface area (Å²) in [6.45, 7) is 2.11. The summed E-state index contributed by atoms with van der Waals surface area (Å²) in [5.41, 5.74) is 1.96. The van der Waals surface area contributed by atoms with Crippen molar-refractivity contribution in [3.63, 3.8) is 0 Å². The Balaban J connectivity index is 3.51. The zero-order valence-electron chi connectivity index (χ0n) is 9.36. The predicted octanol–water partition coefficient (Wildman–Crippen LogP) is 1.37. The first-order valence-corrected chi connectivity index (χ1v) is 5.06. The number of hydroxylamine groups is 1. The summed E-state index contributed by atoms with van der Waals surface area (Å²) in [5, 5.41) is 2.62. The largest absolute Gasteiger partial charge is 0.413 e. The van der Waals surface area contributed by atoms with E-state index in [4.69, 9.17) is 0 Å². The molecule has 2 N–H and O–H groups in total. The van der Waals surface area contributed by atoms with Gasteiger partial charge in [-0.25, -0.2) is 0 Å². The molecule has 0 aromatic heterocycles. The van der Waals surface area contributed by atoms with E-state index in [1.165, 1.54) is 0 Å². The van der Waals surface area contributed by atoms with Crippen LogP contribution in [0.1, 0.15) is 26.7 Å². The Hall–Kier alpha value is -0.820. The Bertz CT molecular complexity index is 209. The fourth-order valence-corrected chi connectivity index (χ4v) is 1.08. The van der Waals surface area contributed by atoms with Crippen molar-refractivity contribution in [2.24, 2.45) is 0 Å². The molecule has 0 bridgehead atoms. The minimum absolute atomic E-state index is 0.0157. The lowest BCUT2D eigenvalue weighted by atomic mass is 10.2. The zero-order valence-corrected chi connectivity index (χ0v) is 9.36. The van der Waals surface area contributed by atoms with Gasteiger partial charge in [-0.2, -0.15) is 18.7 Å². The second-order valence-electron chi connectivity index (χ2n) is 3.48. The van der Waals surface area contributed by atoms with E-state index >= 15 is 0 Å². The minimum Gasteiger partial charge on any atom is -0.352 e. The molecule has 0 saturated carbocycles. The number of carbonyl (C=O) groups excluding carboxylic acids is 1. The summed E-state index contributed by atoms with van der Waals surface area (Å²) >= 11 is 0. The molecule has 0 rings (SSSR count). The van der Waals surface area contributed by atoms with Crippen LogP contribution in [0.25, 0.3) is 0 Å². The van der Waals surface area contributed by atoms with Gasteiger partial charge in [-0.05, 0) is 13.3 Å². The summed E-state index contributed by atoms with van der Waals surface area (Å²) in [4.78, 5) is 15.2. The highest BCUT2D eigenvalue weighted by molar-refractivity contribution is 5.78. The molecule has 0 aliphatic carbocycles. The van der Waals surface area contributed by atoms with Crippen LogP contribution in [0.15, 0.2) is 0 Å². The normalized spacial score (nSPS) is 13.6. The van der Waals surface area contributed by atoms with E-state index in [2.05, 4.69) is 10.2 Å². The van der Waals surface area contributed by atoms with E-state index in [-0.39, 0.29) is 18.5 Å². The molecule has 0 saturated heterocycles. The number of alkyl halides is 3. The summed E-state index contributed by atoms with van der Waals surface area (Å²) < 4.78 is 34.9. The second-order valence-corrected chi connectivity index (χ2v) is 3.48. The second kappa shape index (κ2) is 7.45. The van der Waals surface area contributed by atoms with Gasteiger partial charge in [-0.15, -0.1) is 0 Å². The van der Waals surface area contributed by atoms with Crippen molar-refractivity contribution in [3.05, 3.63) is 0 Å². The maximum absolute atomic E-state index is 11.6. The average Bonchev–Trinajstić information content (AvgIpc) is 2.11. The molecule has 1 unspecified atom stereocenters. The number of hydrogen-bond acceptors (Lipinski definition) is 3. The Morgan fingerprint density at radius 3 is 2.56 bits per heavy atom. The molecule has 0 spiro atoms. The van der Waals surface area contributed by atoms with Crippen molar-refractivity contribution in [3.8, 4) is 0 Å². The molecular weight excluding hydrogens is 225 g/mol. The highest BCUT2D eigenvalue weighted by Crippen LogP contribution is 2.13. The molecule has 0 heterocycles. The molecule has 7 heteroatoms. The lowest BCUT2D eigenvalue weighted by Crippen LogP contribution is -2.39. The standard InChI is InChI=1S/C9H17F3N2O2/c1-3-4-7(2)14-8(15)5-13-16-6-9(10,11)12/h7,13H,3-6H2,1-2H3,(H,14,15). The fraction of sp³-hybridized carbons (Fsp3) is 0.889. The van der Waals surface area contributed by atoms with E-state index in [1.807, 2.05) is 19.3 Å². The third kappa shape index (κ3) is 9.72. The van der Waals surface area contributed by atoms with Crippen LogP contribution in [0, 0.1) is 0 Å². The Morgan fingerprint density at radius 2 is 2.06 bits per heavy atom. The summed E-state index contributed by atoms with van der Waals surface area (Å²) in [6, 6.07) is 0.0157. The first-order chi connectivity index (χ1) is 7.35. The monoisotopic (exact) mass is 242 g/mol. The van der Waals surface area contributed by atoms with Gasteiger partial charge in [0.2, 0.25) is 5.91 Å². The summed E-state index contributed by atoms with van der Waals surface area (Å²) in [5.74, 6) is -0.386. The number of halogens is 3. The summed E-state index contributed by atoms with van der Waals surface area (Å²) in [6.07, 6.45) is -2.63. The van der Waals surface area contributed by atoms with Crippen LogP contribution in [-0.2, 0) is 9.63 Å². The molecule has 1 atom stereocenters. The molecule has 0 fully saturated rings. The predicted molar refractivity (Wildman–Crippen MR) is 52.5 cm³/mol. The molecular formula is C9H17F3N2O2. The number of rotatable bonds is 7. The minimum atomic E-state index is -4.39. The third-order valence-electron chi connectivity index (χ3n) is 1.70. The number of hydrogen-bond donors (Lipinski definition) is 2. The Kier molecular flexibility index (Phi) is 7.07. The Morgan fingerprint density at radius 1 is 1.44 bits per heavy atom. The Labute approximate surface area is 92.5 Å². The topological polar surface area (TPSA) is 50.4 Å². The molecule has 0 aliphatic rings. The molecule has 4 nitrogen and oxygen atoms in total. The van der Waals surface area contributed by atoms with Gasteiger partial charge >= 0.3 is 6.18 Å². The zero-order chi connectivity index (χ0) is 12.6. The lowest BCUT2D eigenvalue weighted by Gasteiger charge is -2.13. The quantitative estimate of drug-likeness (QED) is 0.523. The maximum Gasteiger partial charge on any atom is 0.413 e. The third-order valence-corrected chi connectivity index (χ3v) is 1.70. The van der Waals surface area contributed by atoms with Gasteiger partial charge in [0.1, 0.15) is 0 Å². The van der Waals surface area contributed by atoms with Gasteiger partial charge < -0.3 is 5.32 Å². The number of amides is 1. The number of nitrogens with one attached hydrogen (secondary N) is 2. The maximum atomic E-state index is 11.6. The van der Waals surface area contributed by atoms with E-state index in [9.17, 15) is 18.0 Å². The fourth-order valence-electron chi connectivity index (χ4n) is 1.08. The SMILES string of the molecule is CCCC(C)NC(=O)CNOCC(F)(F)F. The van der Waals surface area contributed by atoms with Crippen LogP contribution in [0.4, 0.5) is 13.2 Å². The van der Waals surface area contributed by atoms with Crippen molar-refractivity contribution in [1.29, 1.82) is 0 Å². The molecule has 0 aromatic rings. The van der Waals surface area contributed by atoms with Crippen molar-refractivity contribution in [1.82, 2.24) is 10.8 Å². The van der Waals surface area contributed by atoms with Crippen LogP contribution in [0.3, 0.4) is 0 Å². The smallest absolute Gasteiger partial charge is 0.352 e. The first-order valence-electron chi connectivity index (χ1n) is 5.06. The van der Waals surface area contributed by atoms with Crippen molar-refractivity contribution >= 4 is 5.91 Å². The average molecular weight is 242 g/mol. The van der Waals surface area contributed by atoms with Gasteiger partial charge in [0.15, 0.2) is 6.61 Å². The highest BCUT2D eigenvalue weighted by Gasteiger charge is 2.27. The summed E-state index contributed by atoms with van der Waals surface area (Å²) in [7, 11) is 0. The molecule has 96 valence electrons. The molecule has 16 heavy (non-hydrogen) atoms. The molecule has 1 amide bonds. The van der Waals surface area contributed by atoms with E-state index < -0.39 is 12.8 Å². The lowest BCUT2D eigenvalue weighted by molar-refractivity contribution is -0.189. The van der Waals surface area contributed by atoms with Gasteiger partial charge in [0.25, 0.3) is 0 Å². The van der Waals surface area contributed by atoms with Crippen LogP contribution in [0.2, 0.25) is 0 Å². The van der Waals surface area contributed by atoms with Crippen LogP contribution in [0.5, 0.6) is 0 Å². The highest BCUT2D eigenvalue weighted by atomic mass is 19.4. The van der Waals surface area contributed by atoms with Crippen molar-refractivity contribution in [2.45, 2.75) is 38.9 Å². The van der Waals surface area contributed by atoms with Crippen molar-refractivity contribution in [2.75, 3.05) is 13.2 Å². The van der Waals surface area contributed by atoms with E-state index in [0.717, 1.165) is 12.8 Å².